The zero-order valence-electron chi connectivity index (χ0n) is 15.2. The van der Waals surface area contributed by atoms with Crippen LogP contribution in [0.5, 0.6) is 5.75 Å². The molecule has 0 heterocycles. The van der Waals surface area contributed by atoms with Crippen LogP contribution in [0, 0.1) is 5.92 Å². The molecule has 2 atom stereocenters. The first-order valence-corrected chi connectivity index (χ1v) is 8.71. The normalized spacial score (nSPS) is 18.9. The molecule has 1 fully saturated rings. The van der Waals surface area contributed by atoms with Gasteiger partial charge in [-0.15, -0.1) is 0 Å². The van der Waals surface area contributed by atoms with Crippen molar-refractivity contribution in [2.24, 2.45) is 5.92 Å². The van der Waals surface area contributed by atoms with Gasteiger partial charge in [0.15, 0.2) is 0 Å². The Morgan fingerprint density at radius 1 is 1.12 bits per heavy atom. The number of hydrogen-bond acceptors (Lipinski definition) is 3. The monoisotopic (exact) mass is 338 g/mol. The summed E-state index contributed by atoms with van der Waals surface area (Å²) in [6, 6.07) is 16.3. The van der Waals surface area contributed by atoms with E-state index in [2.05, 4.69) is 48.6 Å². The predicted molar refractivity (Wildman–Crippen MR) is 99.5 cm³/mol. The number of hydrogen-bond donors (Lipinski definition) is 1. The highest BCUT2D eigenvalue weighted by molar-refractivity contribution is 5.82. The molecule has 1 N–H and O–H groups in total. The van der Waals surface area contributed by atoms with Gasteiger partial charge in [-0.1, -0.05) is 36.4 Å². The van der Waals surface area contributed by atoms with Gasteiger partial charge in [0.05, 0.1) is 7.11 Å². The minimum absolute atomic E-state index is 0.0920. The van der Waals surface area contributed by atoms with Crippen molar-refractivity contribution in [2.75, 3.05) is 21.2 Å². The summed E-state index contributed by atoms with van der Waals surface area (Å²) in [5.41, 5.74) is 3.66. The van der Waals surface area contributed by atoms with Crippen LogP contribution in [0.25, 0.3) is 0 Å². The number of ether oxygens (including phenoxy) is 1. The molecule has 1 amide bonds. The molecule has 1 saturated carbocycles. The summed E-state index contributed by atoms with van der Waals surface area (Å²) in [6.07, 6.45) is 0.928. The Hall–Kier alpha value is -2.33. The summed E-state index contributed by atoms with van der Waals surface area (Å²) in [4.78, 5) is 14.6. The number of methoxy groups -OCH3 is 1. The van der Waals surface area contributed by atoms with E-state index in [0.717, 1.165) is 18.7 Å². The Labute approximate surface area is 149 Å². The summed E-state index contributed by atoms with van der Waals surface area (Å²) >= 11 is 0. The summed E-state index contributed by atoms with van der Waals surface area (Å²) in [5.74, 6) is 1.43. The minimum atomic E-state index is 0.0920. The quantitative estimate of drug-likeness (QED) is 0.843. The van der Waals surface area contributed by atoms with E-state index in [1.807, 2.05) is 24.3 Å². The molecule has 0 radical (unpaired) electrons. The highest BCUT2D eigenvalue weighted by atomic mass is 16.5. The molecule has 1 aliphatic carbocycles. The Bertz CT molecular complexity index is 725. The first-order chi connectivity index (χ1) is 12.1. The van der Waals surface area contributed by atoms with Gasteiger partial charge in [0.1, 0.15) is 5.75 Å². The molecule has 1 aliphatic rings. The average Bonchev–Trinajstić information content (AvgIpc) is 3.41. The molecule has 4 nitrogen and oxygen atoms in total. The molecular weight excluding hydrogens is 312 g/mol. The van der Waals surface area contributed by atoms with Crippen molar-refractivity contribution in [3.8, 4) is 5.75 Å². The number of amides is 1. The second-order valence-corrected chi connectivity index (χ2v) is 6.95. The van der Waals surface area contributed by atoms with Crippen molar-refractivity contribution < 1.29 is 9.53 Å². The van der Waals surface area contributed by atoms with Gasteiger partial charge in [-0.3, -0.25) is 4.79 Å². The van der Waals surface area contributed by atoms with E-state index in [1.54, 1.807) is 7.11 Å². The van der Waals surface area contributed by atoms with Crippen LogP contribution in [0.2, 0.25) is 0 Å². The van der Waals surface area contributed by atoms with E-state index in [0.29, 0.717) is 12.5 Å². The smallest absolute Gasteiger partial charge is 0.224 e. The number of carbonyl (C=O) groups is 1. The van der Waals surface area contributed by atoms with E-state index in [-0.39, 0.29) is 11.8 Å². The van der Waals surface area contributed by atoms with Crippen molar-refractivity contribution >= 4 is 5.91 Å². The Morgan fingerprint density at radius 3 is 2.44 bits per heavy atom. The number of benzene rings is 2. The molecule has 0 unspecified atom stereocenters. The van der Waals surface area contributed by atoms with Gasteiger partial charge in [-0.05, 0) is 55.3 Å². The van der Waals surface area contributed by atoms with Crippen LogP contribution in [-0.4, -0.2) is 32.0 Å². The standard InChI is InChI=1S/C21H26N2O2/c1-23(2)14-17-7-5-4-6-16(17)13-22-21(24)20-12-19(20)15-8-10-18(25-3)11-9-15/h4-11,19-20H,12-14H2,1-3H3,(H,22,24)/t19-,20-/m0/s1. The average molecular weight is 338 g/mol. The van der Waals surface area contributed by atoms with E-state index >= 15 is 0 Å². The maximum Gasteiger partial charge on any atom is 0.224 e. The van der Waals surface area contributed by atoms with Crippen molar-refractivity contribution in [1.82, 2.24) is 10.2 Å². The lowest BCUT2D eigenvalue weighted by Gasteiger charge is -2.14. The van der Waals surface area contributed by atoms with Gasteiger partial charge in [0, 0.05) is 19.0 Å². The van der Waals surface area contributed by atoms with E-state index in [1.165, 1.54) is 16.7 Å². The zero-order valence-corrected chi connectivity index (χ0v) is 15.2. The van der Waals surface area contributed by atoms with Gasteiger partial charge >= 0.3 is 0 Å². The molecule has 2 aromatic rings. The van der Waals surface area contributed by atoms with Crippen molar-refractivity contribution in [3.63, 3.8) is 0 Å². The van der Waals surface area contributed by atoms with Gasteiger partial charge in [0.2, 0.25) is 5.91 Å². The topological polar surface area (TPSA) is 41.6 Å². The number of carbonyl (C=O) groups excluding carboxylic acids is 1. The third kappa shape index (κ3) is 4.40. The van der Waals surface area contributed by atoms with Crippen molar-refractivity contribution in [2.45, 2.75) is 25.4 Å². The molecule has 0 aromatic heterocycles. The summed E-state index contributed by atoms with van der Waals surface area (Å²) in [7, 11) is 5.77. The molecule has 4 heteroatoms. The highest BCUT2D eigenvalue weighted by Gasteiger charge is 2.43. The van der Waals surface area contributed by atoms with Crippen LogP contribution in [0.1, 0.15) is 29.0 Å². The lowest BCUT2D eigenvalue weighted by molar-refractivity contribution is -0.122. The lowest BCUT2D eigenvalue weighted by Crippen LogP contribution is -2.26. The predicted octanol–water partition coefficient (Wildman–Crippen LogP) is 3.18. The molecule has 132 valence electrons. The highest BCUT2D eigenvalue weighted by Crippen LogP contribution is 2.47. The van der Waals surface area contributed by atoms with Crippen molar-refractivity contribution in [1.29, 1.82) is 0 Å². The maximum atomic E-state index is 12.5. The van der Waals surface area contributed by atoms with Gasteiger partial charge in [-0.25, -0.2) is 0 Å². The minimum Gasteiger partial charge on any atom is -0.497 e. The van der Waals surface area contributed by atoms with E-state index in [9.17, 15) is 4.79 Å². The zero-order chi connectivity index (χ0) is 17.8. The van der Waals surface area contributed by atoms with Crippen LogP contribution in [0.4, 0.5) is 0 Å². The Balaban J connectivity index is 1.55. The fraction of sp³-hybridized carbons (Fsp3) is 0.381. The number of rotatable bonds is 7. The number of nitrogens with zero attached hydrogens (tertiary/aromatic N) is 1. The van der Waals surface area contributed by atoms with Crippen LogP contribution in [-0.2, 0) is 17.9 Å². The van der Waals surface area contributed by atoms with Crippen LogP contribution in [0.3, 0.4) is 0 Å². The number of nitrogens with one attached hydrogen (secondary N) is 1. The molecule has 25 heavy (non-hydrogen) atoms. The largest absolute Gasteiger partial charge is 0.497 e. The molecule has 0 saturated heterocycles. The summed E-state index contributed by atoms with van der Waals surface area (Å²) < 4.78 is 5.19. The SMILES string of the molecule is COc1ccc([C@@H]2C[C@@H]2C(=O)NCc2ccccc2CN(C)C)cc1. The molecule has 0 aliphatic heterocycles. The third-order valence-corrected chi connectivity index (χ3v) is 4.73. The Morgan fingerprint density at radius 2 is 1.80 bits per heavy atom. The second kappa shape index (κ2) is 7.70. The molecule has 0 bridgehead atoms. The molecule has 2 aromatic carbocycles. The molecule has 3 rings (SSSR count). The second-order valence-electron chi connectivity index (χ2n) is 6.95. The fourth-order valence-electron chi connectivity index (χ4n) is 3.24. The molecule has 0 spiro atoms. The summed E-state index contributed by atoms with van der Waals surface area (Å²) in [5, 5.41) is 3.11. The first-order valence-electron chi connectivity index (χ1n) is 8.71. The van der Waals surface area contributed by atoms with Crippen LogP contribution < -0.4 is 10.1 Å². The Kier molecular flexibility index (Phi) is 5.39. The van der Waals surface area contributed by atoms with E-state index in [4.69, 9.17) is 4.74 Å². The van der Waals surface area contributed by atoms with E-state index < -0.39 is 0 Å². The molecular formula is C21H26N2O2. The van der Waals surface area contributed by atoms with Gasteiger partial charge in [0.25, 0.3) is 0 Å². The first kappa shape index (κ1) is 17.5. The van der Waals surface area contributed by atoms with Crippen molar-refractivity contribution in [3.05, 3.63) is 65.2 Å². The summed E-state index contributed by atoms with van der Waals surface area (Å²) in [6.45, 7) is 1.47. The van der Waals surface area contributed by atoms with Gasteiger partial charge in [-0.2, -0.15) is 0 Å². The lowest BCUT2D eigenvalue weighted by atomic mass is 10.1. The fourth-order valence-corrected chi connectivity index (χ4v) is 3.24. The van der Waals surface area contributed by atoms with Crippen LogP contribution in [0.15, 0.2) is 48.5 Å². The van der Waals surface area contributed by atoms with Gasteiger partial charge < -0.3 is 15.0 Å². The van der Waals surface area contributed by atoms with Crippen LogP contribution >= 0.6 is 0 Å². The third-order valence-electron chi connectivity index (χ3n) is 4.73. The maximum absolute atomic E-state index is 12.5.